The first-order valence-corrected chi connectivity index (χ1v) is 11.4. The minimum absolute atomic E-state index is 0.141. The van der Waals surface area contributed by atoms with Crippen molar-refractivity contribution in [1.29, 1.82) is 0 Å². The second kappa shape index (κ2) is 12.0. The molecule has 7 nitrogen and oxygen atoms in total. The summed E-state index contributed by atoms with van der Waals surface area (Å²) in [4.78, 5) is 7.04. The van der Waals surface area contributed by atoms with E-state index in [1.54, 1.807) is 13.3 Å². The van der Waals surface area contributed by atoms with Gasteiger partial charge < -0.3 is 20.3 Å². The Hall–Kier alpha value is -2.39. The van der Waals surface area contributed by atoms with Crippen molar-refractivity contribution in [1.82, 2.24) is 10.3 Å². The van der Waals surface area contributed by atoms with Gasteiger partial charge in [-0.1, -0.05) is 29.8 Å². The highest BCUT2D eigenvalue weighted by molar-refractivity contribution is 7.80. The normalized spacial score (nSPS) is 14.7. The van der Waals surface area contributed by atoms with Gasteiger partial charge in [0.15, 0.2) is 5.11 Å². The molecule has 1 aliphatic heterocycles. The Bertz CT molecular complexity index is 932. The fourth-order valence-corrected chi connectivity index (χ4v) is 3.96. The summed E-state index contributed by atoms with van der Waals surface area (Å²) >= 11 is 11.2. The zero-order valence-corrected chi connectivity index (χ0v) is 20.2. The number of nitrogens with one attached hydrogen (secondary N) is 1. The van der Waals surface area contributed by atoms with Crippen molar-refractivity contribution in [3.05, 3.63) is 58.6 Å². The van der Waals surface area contributed by atoms with Crippen LogP contribution in [-0.4, -0.2) is 69.7 Å². The first-order valence-electron chi connectivity index (χ1n) is 10.6. The fourth-order valence-electron chi connectivity index (χ4n) is 3.71. The third-order valence-electron chi connectivity index (χ3n) is 5.52. The number of ether oxygens (including phenoxy) is 1. The lowest BCUT2D eigenvalue weighted by Crippen LogP contribution is -2.46. The molecule has 0 unspecified atom stereocenters. The lowest BCUT2D eigenvalue weighted by molar-refractivity contribution is 0.206. The highest BCUT2D eigenvalue weighted by Gasteiger charge is 2.19. The number of hydrazone groups is 1. The maximum absolute atomic E-state index is 6.34. The number of thiocarbonyl (C=S) groups is 1. The topological polar surface area (TPSA) is 69.4 Å². The molecule has 3 rings (SSSR count). The number of rotatable bonds is 9. The standard InChI is InChI=1S/C23H31ClN6OS/c1-28(13-14-31-2)22-15-20(8-7-18(22)16-26-27-23(25)32)30-11-9-29(10-12-30)17-19-5-3-4-6-21(19)24/h3-8,15-16H,9-14,17H2,1-2H3,(H3,25,27,32)/b26-16+. The fraction of sp³-hybridized carbons (Fsp3) is 0.391. The molecule has 2 aromatic rings. The van der Waals surface area contributed by atoms with Crippen molar-refractivity contribution in [2.24, 2.45) is 10.8 Å². The van der Waals surface area contributed by atoms with Crippen molar-refractivity contribution in [2.45, 2.75) is 6.54 Å². The Morgan fingerprint density at radius 1 is 1.25 bits per heavy atom. The molecule has 0 amide bonds. The molecule has 0 radical (unpaired) electrons. The Balaban J connectivity index is 1.70. The second-order valence-electron chi connectivity index (χ2n) is 7.75. The minimum atomic E-state index is 0.141. The van der Waals surface area contributed by atoms with Gasteiger partial charge in [0.25, 0.3) is 0 Å². The van der Waals surface area contributed by atoms with Gasteiger partial charge in [0.05, 0.1) is 12.8 Å². The van der Waals surface area contributed by atoms with Gasteiger partial charge in [-0.25, -0.2) is 0 Å². The number of likely N-dealkylation sites (N-methyl/N-ethyl adjacent to an activating group) is 1. The number of halogens is 1. The zero-order chi connectivity index (χ0) is 22.9. The zero-order valence-electron chi connectivity index (χ0n) is 18.6. The largest absolute Gasteiger partial charge is 0.383 e. The van der Waals surface area contributed by atoms with E-state index in [0.29, 0.717) is 6.61 Å². The summed E-state index contributed by atoms with van der Waals surface area (Å²) in [7, 11) is 3.76. The predicted octanol–water partition coefficient (Wildman–Crippen LogP) is 2.91. The van der Waals surface area contributed by atoms with Gasteiger partial charge in [-0.3, -0.25) is 10.3 Å². The number of benzene rings is 2. The van der Waals surface area contributed by atoms with Crippen LogP contribution in [0.2, 0.25) is 5.02 Å². The van der Waals surface area contributed by atoms with Crippen LogP contribution in [0.25, 0.3) is 0 Å². The van der Waals surface area contributed by atoms with Gasteiger partial charge in [-0.2, -0.15) is 5.10 Å². The van der Waals surface area contributed by atoms with Gasteiger partial charge >= 0.3 is 0 Å². The Labute approximate surface area is 200 Å². The summed E-state index contributed by atoms with van der Waals surface area (Å²) in [5.74, 6) is 0. The molecule has 32 heavy (non-hydrogen) atoms. The Kier molecular flexibility index (Phi) is 9.11. The van der Waals surface area contributed by atoms with Crippen LogP contribution in [0.15, 0.2) is 47.6 Å². The van der Waals surface area contributed by atoms with Crippen LogP contribution in [0.3, 0.4) is 0 Å². The van der Waals surface area contributed by atoms with Crippen LogP contribution in [0.1, 0.15) is 11.1 Å². The molecule has 1 aliphatic rings. The molecule has 2 aromatic carbocycles. The van der Waals surface area contributed by atoms with Gasteiger partial charge in [0, 0.05) is 75.4 Å². The van der Waals surface area contributed by atoms with Crippen molar-refractivity contribution in [2.75, 3.05) is 63.3 Å². The van der Waals surface area contributed by atoms with Crippen LogP contribution in [0.4, 0.5) is 11.4 Å². The van der Waals surface area contributed by atoms with E-state index in [1.807, 2.05) is 18.2 Å². The number of hydrogen-bond donors (Lipinski definition) is 2. The summed E-state index contributed by atoms with van der Waals surface area (Å²) < 4.78 is 5.26. The third-order valence-corrected chi connectivity index (χ3v) is 5.98. The third kappa shape index (κ3) is 6.80. The summed E-state index contributed by atoms with van der Waals surface area (Å²) in [6.45, 7) is 6.19. The molecular weight excluding hydrogens is 444 g/mol. The lowest BCUT2D eigenvalue weighted by atomic mass is 10.1. The van der Waals surface area contributed by atoms with E-state index in [1.165, 1.54) is 11.3 Å². The van der Waals surface area contributed by atoms with E-state index in [-0.39, 0.29) is 5.11 Å². The minimum Gasteiger partial charge on any atom is -0.383 e. The molecule has 1 fully saturated rings. The molecule has 0 bridgehead atoms. The van der Waals surface area contributed by atoms with Crippen LogP contribution >= 0.6 is 23.8 Å². The number of anilines is 2. The first kappa shape index (κ1) is 24.3. The van der Waals surface area contributed by atoms with Gasteiger partial charge in [0.2, 0.25) is 0 Å². The highest BCUT2D eigenvalue weighted by atomic mass is 35.5. The number of nitrogens with zero attached hydrogens (tertiary/aromatic N) is 4. The predicted molar refractivity (Wildman–Crippen MR) is 138 cm³/mol. The number of nitrogens with two attached hydrogens (primary N) is 1. The van der Waals surface area contributed by atoms with E-state index in [2.05, 4.69) is 56.5 Å². The van der Waals surface area contributed by atoms with Crippen LogP contribution < -0.4 is 21.0 Å². The Morgan fingerprint density at radius 2 is 2.00 bits per heavy atom. The number of piperazine rings is 1. The molecule has 9 heteroatoms. The molecule has 1 heterocycles. The summed E-state index contributed by atoms with van der Waals surface area (Å²) in [5.41, 5.74) is 12.5. The van der Waals surface area contributed by atoms with Gasteiger partial charge in [-0.05, 0) is 42.0 Å². The second-order valence-corrected chi connectivity index (χ2v) is 8.59. The van der Waals surface area contributed by atoms with Crippen LogP contribution in [0, 0.1) is 0 Å². The molecule has 0 atom stereocenters. The maximum Gasteiger partial charge on any atom is 0.184 e. The van der Waals surface area contributed by atoms with E-state index in [9.17, 15) is 0 Å². The first-order chi connectivity index (χ1) is 15.5. The van der Waals surface area contributed by atoms with E-state index in [4.69, 9.17) is 34.3 Å². The van der Waals surface area contributed by atoms with Crippen LogP contribution in [-0.2, 0) is 11.3 Å². The molecule has 0 saturated carbocycles. The van der Waals surface area contributed by atoms with E-state index >= 15 is 0 Å². The molecule has 0 aromatic heterocycles. The monoisotopic (exact) mass is 474 g/mol. The number of hydrogen-bond acceptors (Lipinski definition) is 6. The molecule has 3 N–H and O–H groups in total. The molecule has 0 aliphatic carbocycles. The summed E-state index contributed by atoms with van der Waals surface area (Å²) in [5, 5.41) is 5.11. The highest BCUT2D eigenvalue weighted by Crippen LogP contribution is 2.27. The van der Waals surface area contributed by atoms with Gasteiger partial charge in [-0.15, -0.1) is 0 Å². The molecule has 172 valence electrons. The van der Waals surface area contributed by atoms with Crippen molar-refractivity contribution >= 4 is 46.5 Å². The quantitative estimate of drug-likeness (QED) is 0.329. The Morgan fingerprint density at radius 3 is 2.69 bits per heavy atom. The summed E-state index contributed by atoms with van der Waals surface area (Å²) in [6, 6.07) is 14.5. The lowest BCUT2D eigenvalue weighted by Gasteiger charge is -2.37. The average Bonchev–Trinajstić information content (AvgIpc) is 2.79. The number of methoxy groups -OCH3 is 1. The van der Waals surface area contributed by atoms with Crippen LogP contribution in [0.5, 0.6) is 0 Å². The van der Waals surface area contributed by atoms with Crippen molar-refractivity contribution in [3.8, 4) is 0 Å². The van der Waals surface area contributed by atoms with E-state index in [0.717, 1.165) is 55.5 Å². The molecule has 0 spiro atoms. The smallest absolute Gasteiger partial charge is 0.184 e. The maximum atomic E-state index is 6.34. The average molecular weight is 475 g/mol. The molecular formula is C23H31ClN6OS. The van der Waals surface area contributed by atoms with E-state index < -0.39 is 0 Å². The van der Waals surface area contributed by atoms with Crippen molar-refractivity contribution in [3.63, 3.8) is 0 Å². The summed E-state index contributed by atoms with van der Waals surface area (Å²) in [6.07, 6.45) is 1.74. The SMILES string of the molecule is COCCN(C)c1cc(N2CCN(Cc3ccccc3Cl)CC2)ccc1/C=N/NC(N)=S. The van der Waals surface area contributed by atoms with Crippen molar-refractivity contribution < 1.29 is 4.74 Å². The molecule has 1 saturated heterocycles. The van der Waals surface area contributed by atoms with Gasteiger partial charge in [0.1, 0.15) is 0 Å².